The number of rotatable bonds is 8. The van der Waals surface area contributed by atoms with Crippen molar-refractivity contribution in [2.45, 2.75) is 6.42 Å². The van der Waals surface area contributed by atoms with Gasteiger partial charge in [0.25, 0.3) is 0 Å². The largest absolute Gasteiger partial charge is 0.497 e. The molecule has 3 aromatic carbocycles. The van der Waals surface area contributed by atoms with E-state index < -0.39 is 30.2 Å². The average Bonchev–Trinajstić information content (AvgIpc) is 3.29. The number of ether oxygens (including phenoxy) is 3. The van der Waals surface area contributed by atoms with Gasteiger partial charge in [0.15, 0.2) is 12.4 Å². The molecule has 1 aliphatic rings. The van der Waals surface area contributed by atoms with Gasteiger partial charge in [-0.2, -0.15) is 0 Å². The fraction of sp³-hybridized carbons (Fsp3) is 0.185. The van der Waals surface area contributed by atoms with Crippen molar-refractivity contribution in [1.82, 2.24) is 0 Å². The number of benzene rings is 3. The first kappa shape index (κ1) is 24.9. The van der Waals surface area contributed by atoms with Crippen LogP contribution < -0.4 is 14.4 Å². The van der Waals surface area contributed by atoms with Gasteiger partial charge in [-0.1, -0.05) is 29.8 Å². The van der Waals surface area contributed by atoms with E-state index in [0.29, 0.717) is 22.0 Å². The van der Waals surface area contributed by atoms with Crippen molar-refractivity contribution in [3.05, 3.63) is 88.9 Å². The Kier molecular flexibility index (Phi) is 7.65. The summed E-state index contributed by atoms with van der Waals surface area (Å²) in [4.78, 5) is 51.1. The number of Topliss-reactive ketones (excluding diaryl/α,β-unsaturated/α-hetero) is 1. The number of ketones is 1. The van der Waals surface area contributed by atoms with Crippen molar-refractivity contribution in [1.29, 1.82) is 0 Å². The van der Waals surface area contributed by atoms with Crippen molar-refractivity contribution < 1.29 is 33.4 Å². The Morgan fingerprint density at radius 2 is 1.69 bits per heavy atom. The third-order valence-electron chi connectivity index (χ3n) is 5.64. The third-order valence-corrected chi connectivity index (χ3v) is 5.96. The maximum absolute atomic E-state index is 12.5. The number of carbonyl (C=O) groups excluding carboxylic acids is 4. The second kappa shape index (κ2) is 11.0. The topological polar surface area (TPSA) is 99.2 Å². The highest BCUT2D eigenvalue weighted by molar-refractivity contribution is 6.33. The molecule has 1 saturated heterocycles. The lowest BCUT2D eigenvalue weighted by molar-refractivity contribution is -0.147. The first-order valence-electron chi connectivity index (χ1n) is 11.1. The van der Waals surface area contributed by atoms with Gasteiger partial charge in [0.1, 0.15) is 11.5 Å². The van der Waals surface area contributed by atoms with Gasteiger partial charge in [0, 0.05) is 18.5 Å². The molecule has 1 fully saturated rings. The summed E-state index contributed by atoms with van der Waals surface area (Å²) in [6.07, 6.45) is -0.0222. The van der Waals surface area contributed by atoms with Crippen molar-refractivity contribution in [2.24, 2.45) is 5.92 Å². The Morgan fingerprint density at radius 3 is 2.42 bits per heavy atom. The molecule has 0 bridgehead atoms. The standard InChI is InChI=1S/C27H22ClNO7/c1-34-21-6-4-5-18(13-21)27(33)36-20-11-9-17(10-12-20)24(30)16-35-26(32)19-14-25(31)29(15-19)23-8-3-2-7-22(23)28/h2-13,19H,14-16H2,1H3/t19-/m0/s1. The van der Waals surface area contributed by atoms with Gasteiger partial charge in [-0.3, -0.25) is 14.4 Å². The Hall–Kier alpha value is -4.17. The van der Waals surface area contributed by atoms with Gasteiger partial charge < -0.3 is 19.1 Å². The maximum Gasteiger partial charge on any atom is 0.343 e. The second-order valence-corrected chi connectivity index (χ2v) is 8.44. The van der Waals surface area contributed by atoms with Crippen LogP contribution in [0, 0.1) is 5.92 Å². The first-order valence-corrected chi connectivity index (χ1v) is 11.4. The quantitative estimate of drug-likeness (QED) is 0.254. The second-order valence-electron chi connectivity index (χ2n) is 8.03. The van der Waals surface area contributed by atoms with E-state index in [0.717, 1.165) is 0 Å². The van der Waals surface area contributed by atoms with Gasteiger partial charge in [-0.05, 0) is 54.6 Å². The average molecular weight is 508 g/mol. The minimum absolute atomic E-state index is 0.0222. The van der Waals surface area contributed by atoms with E-state index in [1.165, 1.54) is 36.3 Å². The van der Waals surface area contributed by atoms with Crippen molar-refractivity contribution in [3.8, 4) is 11.5 Å². The van der Waals surface area contributed by atoms with Crippen LogP contribution in [0.15, 0.2) is 72.8 Å². The normalized spacial score (nSPS) is 14.9. The molecule has 1 heterocycles. The number of methoxy groups -OCH3 is 1. The van der Waals surface area contributed by atoms with E-state index in [4.69, 9.17) is 25.8 Å². The molecule has 0 unspecified atom stereocenters. The molecule has 184 valence electrons. The molecule has 4 rings (SSSR count). The summed E-state index contributed by atoms with van der Waals surface area (Å²) in [6.45, 7) is -0.346. The van der Waals surface area contributed by atoms with Crippen LogP contribution >= 0.6 is 11.6 Å². The SMILES string of the molecule is COc1cccc(C(=O)Oc2ccc(C(=O)COC(=O)[C@H]3CC(=O)N(c4ccccc4Cl)C3)cc2)c1. The van der Waals surface area contributed by atoms with Crippen LogP contribution in [0.1, 0.15) is 27.1 Å². The van der Waals surface area contributed by atoms with Crippen LogP contribution in [0.2, 0.25) is 5.02 Å². The lowest BCUT2D eigenvalue weighted by Crippen LogP contribution is -2.27. The minimum Gasteiger partial charge on any atom is -0.497 e. The van der Waals surface area contributed by atoms with Crippen LogP contribution in [-0.4, -0.2) is 43.9 Å². The van der Waals surface area contributed by atoms with E-state index in [-0.39, 0.29) is 30.2 Å². The fourth-order valence-corrected chi connectivity index (χ4v) is 3.97. The molecule has 0 saturated carbocycles. The Labute approximate surface area is 212 Å². The van der Waals surface area contributed by atoms with E-state index >= 15 is 0 Å². The van der Waals surface area contributed by atoms with Crippen LogP contribution in [0.25, 0.3) is 0 Å². The number of nitrogens with zero attached hydrogens (tertiary/aromatic N) is 1. The fourth-order valence-electron chi connectivity index (χ4n) is 3.73. The van der Waals surface area contributed by atoms with E-state index in [1.807, 2.05) is 0 Å². The monoisotopic (exact) mass is 507 g/mol. The van der Waals surface area contributed by atoms with E-state index in [9.17, 15) is 19.2 Å². The smallest absolute Gasteiger partial charge is 0.343 e. The zero-order chi connectivity index (χ0) is 25.7. The molecule has 8 nitrogen and oxygen atoms in total. The summed E-state index contributed by atoms with van der Waals surface area (Å²) >= 11 is 6.16. The molecule has 0 spiro atoms. The molecule has 9 heteroatoms. The molecular formula is C27H22ClNO7. The molecule has 0 N–H and O–H groups in total. The number of hydrogen-bond donors (Lipinski definition) is 0. The highest BCUT2D eigenvalue weighted by Gasteiger charge is 2.37. The first-order chi connectivity index (χ1) is 17.4. The molecule has 0 radical (unpaired) electrons. The Bertz CT molecular complexity index is 1310. The Balaban J connectivity index is 1.30. The van der Waals surface area contributed by atoms with Crippen LogP contribution in [-0.2, 0) is 14.3 Å². The van der Waals surface area contributed by atoms with Gasteiger partial charge in [-0.25, -0.2) is 4.79 Å². The lowest BCUT2D eigenvalue weighted by Gasteiger charge is -2.17. The zero-order valence-corrected chi connectivity index (χ0v) is 20.1. The van der Waals surface area contributed by atoms with E-state index in [2.05, 4.69) is 0 Å². The zero-order valence-electron chi connectivity index (χ0n) is 19.3. The molecule has 36 heavy (non-hydrogen) atoms. The minimum atomic E-state index is -0.694. The van der Waals surface area contributed by atoms with Crippen LogP contribution in [0.3, 0.4) is 0 Å². The summed E-state index contributed by atoms with van der Waals surface area (Å²) in [6, 6.07) is 19.3. The predicted molar refractivity (Wildman–Crippen MR) is 132 cm³/mol. The molecule has 3 aromatic rings. The van der Waals surface area contributed by atoms with Gasteiger partial charge in [0.05, 0.1) is 29.3 Å². The summed E-state index contributed by atoms with van der Waals surface area (Å²) in [7, 11) is 1.50. The number of carbonyl (C=O) groups is 4. The van der Waals surface area contributed by atoms with Crippen LogP contribution in [0.5, 0.6) is 11.5 Å². The summed E-state index contributed by atoms with van der Waals surface area (Å²) < 4.78 is 15.6. The van der Waals surface area contributed by atoms with Gasteiger partial charge in [-0.15, -0.1) is 0 Å². The lowest BCUT2D eigenvalue weighted by atomic mass is 10.1. The summed E-state index contributed by atoms with van der Waals surface area (Å²) in [5.74, 6) is -1.79. The van der Waals surface area contributed by atoms with Crippen molar-refractivity contribution in [3.63, 3.8) is 0 Å². The number of amides is 1. The number of anilines is 1. The van der Waals surface area contributed by atoms with Crippen molar-refractivity contribution >= 4 is 40.9 Å². The predicted octanol–water partition coefficient (Wildman–Crippen LogP) is 4.35. The van der Waals surface area contributed by atoms with Crippen molar-refractivity contribution in [2.75, 3.05) is 25.2 Å². The molecule has 1 amide bonds. The van der Waals surface area contributed by atoms with Gasteiger partial charge in [0.2, 0.25) is 5.91 Å². The highest BCUT2D eigenvalue weighted by Crippen LogP contribution is 2.31. The number of esters is 2. The summed E-state index contributed by atoms with van der Waals surface area (Å²) in [5, 5.41) is 0.410. The molecule has 1 atom stereocenters. The molecular weight excluding hydrogens is 486 g/mol. The molecule has 1 aliphatic heterocycles. The number of halogens is 1. The van der Waals surface area contributed by atoms with E-state index in [1.54, 1.807) is 48.5 Å². The number of hydrogen-bond acceptors (Lipinski definition) is 7. The maximum atomic E-state index is 12.5. The molecule has 0 aromatic heterocycles. The summed E-state index contributed by atoms with van der Waals surface area (Å²) in [5.41, 5.74) is 1.13. The Morgan fingerprint density at radius 1 is 0.944 bits per heavy atom. The van der Waals surface area contributed by atoms with Gasteiger partial charge >= 0.3 is 11.9 Å². The third kappa shape index (κ3) is 5.72. The number of para-hydroxylation sites is 1. The highest BCUT2D eigenvalue weighted by atomic mass is 35.5. The molecule has 0 aliphatic carbocycles. The van der Waals surface area contributed by atoms with Crippen LogP contribution in [0.4, 0.5) is 5.69 Å².